The molecular weight excluding hydrogens is 282 g/mol. The van der Waals surface area contributed by atoms with E-state index in [1.165, 1.54) is 0 Å². The van der Waals surface area contributed by atoms with E-state index in [4.69, 9.17) is 10.2 Å². The van der Waals surface area contributed by atoms with E-state index in [1.807, 2.05) is 0 Å². The lowest BCUT2D eigenvalue weighted by molar-refractivity contribution is -0.148. The Hall–Kier alpha value is -1.67. The second kappa shape index (κ2) is 6.67. The number of aliphatic hydroxyl groups is 1. The molecule has 0 heterocycles. The van der Waals surface area contributed by atoms with Gasteiger partial charge in [0, 0.05) is 18.7 Å². The third kappa shape index (κ3) is 5.14. The molecule has 1 aromatic rings. The Bertz CT molecular complexity index is 476. The van der Waals surface area contributed by atoms with Crippen molar-refractivity contribution in [3.05, 3.63) is 35.1 Å². The highest BCUT2D eigenvalue weighted by Crippen LogP contribution is 2.19. The van der Waals surface area contributed by atoms with Crippen LogP contribution in [0.15, 0.2) is 18.2 Å². The van der Waals surface area contributed by atoms with Gasteiger partial charge in [-0.05, 0) is 18.2 Å². The van der Waals surface area contributed by atoms with Crippen LogP contribution in [0.3, 0.4) is 0 Å². The summed E-state index contributed by atoms with van der Waals surface area (Å²) in [5.74, 6) is -2.09. The van der Waals surface area contributed by atoms with Crippen molar-refractivity contribution in [3.63, 3.8) is 0 Å². The Labute approximate surface area is 112 Å². The van der Waals surface area contributed by atoms with Gasteiger partial charge < -0.3 is 10.2 Å². The maximum absolute atomic E-state index is 13.5. The van der Waals surface area contributed by atoms with Gasteiger partial charge in [0.1, 0.15) is 5.82 Å². The molecule has 8 heteroatoms. The molecule has 0 aliphatic rings. The van der Waals surface area contributed by atoms with Gasteiger partial charge in [-0.1, -0.05) is 0 Å². The van der Waals surface area contributed by atoms with Crippen molar-refractivity contribution in [1.82, 2.24) is 4.90 Å². The van der Waals surface area contributed by atoms with E-state index in [-0.39, 0.29) is 17.7 Å². The average Bonchev–Trinajstić information content (AvgIpc) is 2.29. The third-order valence-corrected chi connectivity index (χ3v) is 2.51. The molecule has 0 radical (unpaired) electrons. The van der Waals surface area contributed by atoms with Gasteiger partial charge >= 0.3 is 12.1 Å². The Morgan fingerprint density at radius 3 is 2.45 bits per heavy atom. The molecule has 112 valence electrons. The fourth-order valence-electron chi connectivity index (χ4n) is 1.68. The smallest absolute Gasteiger partial charge is 0.401 e. The number of hydrogen-bond donors (Lipinski definition) is 2. The first-order valence-corrected chi connectivity index (χ1v) is 5.64. The van der Waals surface area contributed by atoms with Crippen LogP contribution in [0, 0.1) is 5.82 Å². The molecule has 4 nitrogen and oxygen atoms in total. The molecule has 0 aliphatic carbocycles. The van der Waals surface area contributed by atoms with Crippen LogP contribution in [0.4, 0.5) is 17.6 Å². The summed E-state index contributed by atoms with van der Waals surface area (Å²) < 4.78 is 50.5. The van der Waals surface area contributed by atoms with Crippen molar-refractivity contribution >= 4 is 5.97 Å². The standard InChI is InChI=1S/C12H13F4NO3/c13-10-2-1-8(11(19)20)5-9(10)6-17(3-4-18)7-12(14,15)16/h1-2,5,18H,3-4,6-7H2,(H,19,20). The number of carboxylic acids is 1. The first kappa shape index (κ1) is 16.4. The van der Waals surface area contributed by atoms with Gasteiger partial charge in [-0.15, -0.1) is 0 Å². The zero-order valence-corrected chi connectivity index (χ0v) is 10.3. The van der Waals surface area contributed by atoms with Crippen molar-refractivity contribution < 1.29 is 32.6 Å². The van der Waals surface area contributed by atoms with Crippen molar-refractivity contribution in [1.29, 1.82) is 0 Å². The number of benzene rings is 1. The van der Waals surface area contributed by atoms with Crippen LogP contribution in [0.5, 0.6) is 0 Å². The fraction of sp³-hybridized carbons (Fsp3) is 0.417. The van der Waals surface area contributed by atoms with Crippen LogP contribution in [0.2, 0.25) is 0 Å². The highest BCUT2D eigenvalue weighted by Gasteiger charge is 2.30. The summed E-state index contributed by atoms with van der Waals surface area (Å²) in [5, 5.41) is 17.5. The molecule has 1 rings (SSSR count). The largest absolute Gasteiger partial charge is 0.478 e. The lowest BCUT2D eigenvalue weighted by Crippen LogP contribution is -2.36. The van der Waals surface area contributed by atoms with E-state index in [2.05, 4.69) is 0 Å². The number of carbonyl (C=O) groups is 1. The quantitative estimate of drug-likeness (QED) is 0.787. The molecule has 0 saturated carbocycles. The summed E-state index contributed by atoms with van der Waals surface area (Å²) >= 11 is 0. The molecule has 0 unspecified atom stereocenters. The highest BCUT2D eigenvalue weighted by atomic mass is 19.4. The molecule has 20 heavy (non-hydrogen) atoms. The fourth-order valence-corrected chi connectivity index (χ4v) is 1.68. The number of hydrogen-bond acceptors (Lipinski definition) is 3. The monoisotopic (exact) mass is 295 g/mol. The van der Waals surface area contributed by atoms with Crippen LogP contribution in [-0.4, -0.2) is 47.0 Å². The summed E-state index contributed by atoms with van der Waals surface area (Å²) in [7, 11) is 0. The molecule has 0 amide bonds. The first-order chi connectivity index (χ1) is 9.23. The maximum Gasteiger partial charge on any atom is 0.401 e. The number of aliphatic hydroxyl groups excluding tert-OH is 1. The van der Waals surface area contributed by atoms with Gasteiger partial charge in [0.2, 0.25) is 0 Å². The lowest BCUT2D eigenvalue weighted by atomic mass is 10.1. The Morgan fingerprint density at radius 2 is 1.95 bits per heavy atom. The van der Waals surface area contributed by atoms with Gasteiger partial charge in [0.25, 0.3) is 0 Å². The number of rotatable bonds is 6. The molecule has 1 aromatic carbocycles. The molecule has 0 atom stereocenters. The molecule has 0 aromatic heterocycles. The van der Waals surface area contributed by atoms with Crippen molar-refractivity contribution in [2.75, 3.05) is 19.7 Å². The number of carboxylic acid groups (broad SMARTS) is 1. The highest BCUT2D eigenvalue weighted by molar-refractivity contribution is 5.87. The molecule has 0 aliphatic heterocycles. The van der Waals surface area contributed by atoms with E-state index in [9.17, 15) is 22.4 Å². The zero-order chi connectivity index (χ0) is 15.3. The summed E-state index contributed by atoms with van der Waals surface area (Å²) in [6.45, 7) is -2.57. The predicted octanol–water partition coefficient (Wildman–Crippen LogP) is 1.88. The van der Waals surface area contributed by atoms with Gasteiger partial charge in [-0.2, -0.15) is 13.2 Å². The SMILES string of the molecule is O=C(O)c1ccc(F)c(CN(CCO)CC(F)(F)F)c1. The van der Waals surface area contributed by atoms with Crippen LogP contribution in [0.25, 0.3) is 0 Å². The Morgan fingerprint density at radius 1 is 1.30 bits per heavy atom. The Balaban J connectivity index is 2.92. The minimum atomic E-state index is -4.49. The minimum absolute atomic E-state index is 0.164. The molecular formula is C12H13F4NO3. The lowest BCUT2D eigenvalue weighted by Gasteiger charge is -2.23. The maximum atomic E-state index is 13.5. The van der Waals surface area contributed by atoms with Gasteiger partial charge in [-0.3, -0.25) is 4.90 Å². The molecule has 0 saturated heterocycles. The molecule has 0 fully saturated rings. The zero-order valence-electron chi connectivity index (χ0n) is 10.3. The first-order valence-electron chi connectivity index (χ1n) is 5.64. The van der Waals surface area contributed by atoms with Crippen molar-refractivity contribution in [3.8, 4) is 0 Å². The van der Waals surface area contributed by atoms with Crippen LogP contribution in [-0.2, 0) is 6.54 Å². The minimum Gasteiger partial charge on any atom is -0.478 e. The summed E-state index contributed by atoms with van der Waals surface area (Å²) in [4.78, 5) is 11.5. The van der Waals surface area contributed by atoms with E-state index in [1.54, 1.807) is 0 Å². The second-order valence-corrected chi connectivity index (χ2v) is 4.16. The molecule has 0 spiro atoms. The summed E-state index contributed by atoms with van der Waals surface area (Å²) in [6, 6.07) is 2.91. The number of alkyl halides is 3. The average molecular weight is 295 g/mol. The third-order valence-electron chi connectivity index (χ3n) is 2.51. The van der Waals surface area contributed by atoms with Crippen LogP contribution < -0.4 is 0 Å². The van der Waals surface area contributed by atoms with E-state index < -0.39 is 37.7 Å². The number of halogens is 4. The number of aromatic carboxylic acids is 1. The normalized spacial score (nSPS) is 11.9. The predicted molar refractivity (Wildman–Crippen MR) is 61.8 cm³/mol. The topological polar surface area (TPSA) is 60.8 Å². The van der Waals surface area contributed by atoms with Gasteiger partial charge in [-0.25, -0.2) is 9.18 Å². The molecule has 2 N–H and O–H groups in total. The van der Waals surface area contributed by atoms with Crippen LogP contribution >= 0.6 is 0 Å². The summed E-state index contributed by atoms with van der Waals surface area (Å²) in [5.41, 5.74) is -0.375. The summed E-state index contributed by atoms with van der Waals surface area (Å²) in [6.07, 6.45) is -4.49. The van der Waals surface area contributed by atoms with Gasteiger partial charge in [0.05, 0.1) is 18.7 Å². The van der Waals surface area contributed by atoms with E-state index in [0.29, 0.717) is 0 Å². The Kier molecular flexibility index (Phi) is 5.46. The van der Waals surface area contributed by atoms with Crippen molar-refractivity contribution in [2.45, 2.75) is 12.7 Å². The van der Waals surface area contributed by atoms with E-state index >= 15 is 0 Å². The molecule has 0 bridgehead atoms. The van der Waals surface area contributed by atoms with Crippen LogP contribution in [0.1, 0.15) is 15.9 Å². The van der Waals surface area contributed by atoms with Gasteiger partial charge in [0.15, 0.2) is 0 Å². The number of nitrogens with zero attached hydrogens (tertiary/aromatic N) is 1. The van der Waals surface area contributed by atoms with Crippen molar-refractivity contribution in [2.24, 2.45) is 0 Å². The second-order valence-electron chi connectivity index (χ2n) is 4.16. The van der Waals surface area contributed by atoms with E-state index in [0.717, 1.165) is 23.1 Å².